The van der Waals surface area contributed by atoms with Crippen LogP contribution in [0.25, 0.3) is 0 Å². The first kappa shape index (κ1) is 32.8. The van der Waals surface area contributed by atoms with Crippen molar-refractivity contribution in [1.29, 1.82) is 0 Å². The third-order valence-corrected chi connectivity index (χ3v) is 9.77. The van der Waals surface area contributed by atoms with Crippen LogP contribution in [0.15, 0.2) is 114 Å². The summed E-state index contributed by atoms with van der Waals surface area (Å²) in [5, 5.41) is 3.42. The Morgan fingerprint density at radius 3 is 1.98 bits per heavy atom. The van der Waals surface area contributed by atoms with E-state index >= 15 is 0 Å². The smallest absolute Gasteiger partial charge is 0.264 e. The first-order valence-corrected chi connectivity index (χ1v) is 16.4. The molecule has 4 aromatic carbocycles. The van der Waals surface area contributed by atoms with E-state index < -0.39 is 28.5 Å². The predicted octanol–water partition coefficient (Wildman–Crippen LogP) is 6.40. The van der Waals surface area contributed by atoms with Gasteiger partial charge in [0, 0.05) is 24.0 Å². The Hall–Kier alpha value is -4.14. The number of carbonyl (C=O) groups is 2. The lowest BCUT2D eigenvalue weighted by molar-refractivity contribution is -0.140. The van der Waals surface area contributed by atoms with Crippen molar-refractivity contribution in [1.82, 2.24) is 10.2 Å². The summed E-state index contributed by atoms with van der Waals surface area (Å²) in [6, 6.07) is 30.8. The molecule has 0 aliphatic carbocycles. The Balaban J connectivity index is 1.82. The van der Waals surface area contributed by atoms with Crippen LogP contribution >= 0.6 is 11.6 Å². The number of hydrogen-bond donors (Lipinski definition) is 1. The molecule has 0 aromatic heterocycles. The summed E-state index contributed by atoms with van der Waals surface area (Å²) < 4.78 is 29.3. The van der Waals surface area contributed by atoms with E-state index in [1.54, 1.807) is 43.3 Å². The number of nitrogens with zero attached hydrogens (tertiary/aromatic N) is 2. The Bertz CT molecular complexity index is 1650. The lowest BCUT2D eigenvalue weighted by atomic mass is 10.0. The van der Waals surface area contributed by atoms with Crippen molar-refractivity contribution < 1.29 is 18.0 Å². The van der Waals surface area contributed by atoms with Crippen LogP contribution in [0.1, 0.15) is 37.0 Å². The van der Waals surface area contributed by atoms with E-state index in [0.29, 0.717) is 17.0 Å². The van der Waals surface area contributed by atoms with E-state index in [0.717, 1.165) is 15.4 Å². The highest BCUT2D eigenvalue weighted by atomic mass is 35.5. The van der Waals surface area contributed by atoms with Crippen molar-refractivity contribution >= 4 is 39.1 Å². The summed E-state index contributed by atoms with van der Waals surface area (Å²) in [7, 11) is -4.20. The lowest BCUT2D eigenvalue weighted by Crippen LogP contribution is -2.54. The molecule has 0 heterocycles. The molecule has 0 bridgehead atoms. The first-order chi connectivity index (χ1) is 21.1. The molecule has 7 nitrogen and oxygen atoms in total. The summed E-state index contributed by atoms with van der Waals surface area (Å²) in [5.74, 6) is -0.822. The van der Waals surface area contributed by atoms with Crippen LogP contribution in [0.4, 0.5) is 5.69 Å². The molecule has 0 saturated heterocycles. The van der Waals surface area contributed by atoms with Gasteiger partial charge in [0.15, 0.2) is 0 Å². The molecule has 0 unspecified atom stereocenters. The third-order valence-electron chi connectivity index (χ3n) is 7.59. The van der Waals surface area contributed by atoms with Gasteiger partial charge in [-0.05, 0) is 61.2 Å². The highest BCUT2D eigenvalue weighted by molar-refractivity contribution is 7.92. The summed E-state index contributed by atoms with van der Waals surface area (Å²) in [4.78, 5) is 29.9. The SMILES string of the molecule is CC[C@H](C)NC(=O)[C@H](Cc1ccccc1)N(Cc1ccccc1)C(=O)CN(c1cccc(Cl)c1C)S(=O)(=O)c1ccccc1. The largest absolute Gasteiger partial charge is 0.352 e. The van der Waals surface area contributed by atoms with Gasteiger partial charge in [-0.1, -0.05) is 103 Å². The Labute approximate surface area is 265 Å². The molecule has 0 saturated carbocycles. The summed E-state index contributed by atoms with van der Waals surface area (Å²) >= 11 is 6.44. The van der Waals surface area contributed by atoms with Gasteiger partial charge >= 0.3 is 0 Å². The van der Waals surface area contributed by atoms with E-state index in [9.17, 15) is 18.0 Å². The minimum Gasteiger partial charge on any atom is -0.352 e. The normalized spacial score (nSPS) is 12.6. The topological polar surface area (TPSA) is 86.8 Å². The average molecular weight is 632 g/mol. The Kier molecular flexibility index (Phi) is 11.2. The number of nitrogens with one attached hydrogen (secondary N) is 1. The van der Waals surface area contributed by atoms with Gasteiger partial charge in [-0.2, -0.15) is 0 Å². The number of halogens is 1. The zero-order chi connectivity index (χ0) is 31.7. The molecule has 0 spiro atoms. The molecule has 0 fully saturated rings. The molecular formula is C35H38ClN3O4S. The van der Waals surface area contributed by atoms with Crippen LogP contribution in [-0.2, 0) is 32.6 Å². The number of rotatable bonds is 13. The molecule has 1 N–H and O–H groups in total. The molecule has 0 aliphatic heterocycles. The van der Waals surface area contributed by atoms with Gasteiger partial charge in [-0.25, -0.2) is 8.42 Å². The van der Waals surface area contributed by atoms with E-state index in [1.807, 2.05) is 74.5 Å². The number of benzene rings is 4. The van der Waals surface area contributed by atoms with Gasteiger partial charge in [-0.3, -0.25) is 13.9 Å². The maximum Gasteiger partial charge on any atom is 0.264 e. The second kappa shape index (κ2) is 15.0. The van der Waals surface area contributed by atoms with Crippen LogP contribution in [0.5, 0.6) is 0 Å². The van der Waals surface area contributed by atoms with Crippen molar-refractivity contribution in [2.75, 3.05) is 10.8 Å². The van der Waals surface area contributed by atoms with Gasteiger partial charge in [0.1, 0.15) is 12.6 Å². The van der Waals surface area contributed by atoms with Crippen molar-refractivity contribution in [3.8, 4) is 0 Å². The van der Waals surface area contributed by atoms with Crippen LogP contribution in [-0.4, -0.2) is 43.8 Å². The van der Waals surface area contributed by atoms with Gasteiger partial charge in [-0.15, -0.1) is 0 Å². The Morgan fingerprint density at radius 1 is 0.818 bits per heavy atom. The predicted molar refractivity (Wildman–Crippen MR) is 176 cm³/mol. The molecule has 9 heteroatoms. The second-order valence-electron chi connectivity index (χ2n) is 10.7. The maximum atomic E-state index is 14.5. The van der Waals surface area contributed by atoms with E-state index in [4.69, 9.17) is 11.6 Å². The van der Waals surface area contributed by atoms with Crippen LogP contribution < -0.4 is 9.62 Å². The molecule has 2 amide bonds. The van der Waals surface area contributed by atoms with Crippen molar-refractivity contribution in [2.45, 2.75) is 57.1 Å². The van der Waals surface area contributed by atoms with Gasteiger partial charge in [0.2, 0.25) is 11.8 Å². The fraction of sp³-hybridized carbons (Fsp3) is 0.257. The molecule has 0 radical (unpaired) electrons. The fourth-order valence-electron chi connectivity index (χ4n) is 4.87. The summed E-state index contributed by atoms with van der Waals surface area (Å²) in [6.45, 7) is 5.18. The number of carbonyl (C=O) groups excluding carboxylic acids is 2. The fourth-order valence-corrected chi connectivity index (χ4v) is 6.54. The molecule has 4 aromatic rings. The highest BCUT2D eigenvalue weighted by Gasteiger charge is 2.35. The van der Waals surface area contributed by atoms with Gasteiger partial charge in [0.05, 0.1) is 10.6 Å². The molecule has 230 valence electrons. The van der Waals surface area contributed by atoms with Crippen LogP contribution in [0.3, 0.4) is 0 Å². The van der Waals surface area contributed by atoms with E-state index in [1.165, 1.54) is 17.0 Å². The summed E-state index contributed by atoms with van der Waals surface area (Å²) in [5.41, 5.74) is 2.50. The van der Waals surface area contributed by atoms with Crippen LogP contribution in [0.2, 0.25) is 5.02 Å². The zero-order valence-corrected chi connectivity index (χ0v) is 26.8. The molecule has 44 heavy (non-hydrogen) atoms. The number of sulfonamides is 1. The minimum absolute atomic E-state index is 0.0390. The average Bonchev–Trinajstić information content (AvgIpc) is 3.04. The molecule has 2 atom stereocenters. The minimum atomic E-state index is -4.20. The standard InChI is InChI=1S/C35H38ClN3O4S/c1-4-26(2)37-35(41)33(23-28-15-8-5-9-16-28)38(24-29-17-10-6-11-18-29)34(40)25-39(32-22-14-21-31(36)27(32)3)44(42,43)30-19-12-7-13-20-30/h5-22,26,33H,4,23-25H2,1-3H3,(H,37,41)/t26-,33-/m0/s1. The molecule has 4 rings (SSSR count). The Morgan fingerprint density at radius 2 is 1.39 bits per heavy atom. The summed E-state index contributed by atoms with van der Waals surface area (Å²) in [6.07, 6.45) is 0.969. The first-order valence-electron chi connectivity index (χ1n) is 14.6. The third kappa shape index (κ3) is 8.07. The van der Waals surface area contributed by atoms with Crippen molar-refractivity contribution in [2.24, 2.45) is 0 Å². The van der Waals surface area contributed by atoms with E-state index in [-0.39, 0.29) is 35.5 Å². The zero-order valence-electron chi connectivity index (χ0n) is 25.2. The quantitative estimate of drug-likeness (QED) is 0.185. The van der Waals surface area contributed by atoms with Gasteiger partial charge < -0.3 is 10.2 Å². The molecule has 0 aliphatic rings. The number of amides is 2. The van der Waals surface area contributed by atoms with Crippen molar-refractivity contribution in [3.05, 3.63) is 131 Å². The molecular weight excluding hydrogens is 594 g/mol. The van der Waals surface area contributed by atoms with Crippen molar-refractivity contribution in [3.63, 3.8) is 0 Å². The maximum absolute atomic E-state index is 14.5. The highest BCUT2D eigenvalue weighted by Crippen LogP contribution is 2.31. The lowest BCUT2D eigenvalue weighted by Gasteiger charge is -2.34. The second-order valence-corrected chi connectivity index (χ2v) is 13.0. The van der Waals surface area contributed by atoms with E-state index in [2.05, 4.69) is 5.32 Å². The monoisotopic (exact) mass is 631 g/mol. The van der Waals surface area contributed by atoms with Gasteiger partial charge in [0.25, 0.3) is 10.0 Å². The number of hydrogen-bond acceptors (Lipinski definition) is 4. The number of anilines is 1. The van der Waals surface area contributed by atoms with Crippen LogP contribution in [0, 0.1) is 6.92 Å².